The van der Waals surface area contributed by atoms with Gasteiger partial charge in [-0.2, -0.15) is 17.5 Å². The minimum atomic E-state index is -4.60. The Bertz CT molecular complexity index is 561. The van der Waals surface area contributed by atoms with Crippen LogP contribution in [0.4, 0.5) is 13.2 Å². The molecule has 0 saturated carbocycles. The van der Waals surface area contributed by atoms with Crippen LogP contribution in [0.1, 0.15) is 13.8 Å². The number of halogens is 4. The summed E-state index contributed by atoms with van der Waals surface area (Å²) < 4.78 is 63.0. The standard InChI is InChI=1S/C11H14BrF3N2O2S/c1-8(2)6-17(7-11(13,14)15)20(18,19)10-3-9(12)4-16-5-10/h3-5,8H,6-7H2,1-2H3. The lowest BCUT2D eigenvalue weighted by Gasteiger charge is -2.24. The number of nitrogens with zero attached hydrogens (tertiary/aromatic N) is 2. The first-order valence-electron chi connectivity index (χ1n) is 5.70. The molecule has 0 unspecified atom stereocenters. The Morgan fingerprint density at radius 3 is 2.40 bits per heavy atom. The summed E-state index contributed by atoms with van der Waals surface area (Å²) in [5, 5.41) is 0. The van der Waals surface area contributed by atoms with Gasteiger partial charge in [0.2, 0.25) is 10.0 Å². The summed E-state index contributed by atoms with van der Waals surface area (Å²) in [6.45, 7) is 1.57. The van der Waals surface area contributed by atoms with E-state index >= 15 is 0 Å². The highest BCUT2D eigenvalue weighted by Crippen LogP contribution is 2.24. The molecule has 0 amide bonds. The van der Waals surface area contributed by atoms with E-state index in [0.29, 0.717) is 8.78 Å². The van der Waals surface area contributed by atoms with Crippen LogP contribution in [-0.4, -0.2) is 37.0 Å². The largest absolute Gasteiger partial charge is 0.402 e. The monoisotopic (exact) mass is 374 g/mol. The van der Waals surface area contributed by atoms with Crippen LogP contribution in [0.25, 0.3) is 0 Å². The number of hydrogen-bond acceptors (Lipinski definition) is 3. The minimum absolute atomic E-state index is 0.214. The molecule has 1 rings (SSSR count). The average molecular weight is 375 g/mol. The van der Waals surface area contributed by atoms with Crippen molar-refractivity contribution in [3.05, 3.63) is 22.9 Å². The highest BCUT2D eigenvalue weighted by molar-refractivity contribution is 9.10. The molecule has 0 spiro atoms. The third-order valence-electron chi connectivity index (χ3n) is 2.24. The second-order valence-corrected chi connectivity index (χ2v) is 7.50. The van der Waals surface area contributed by atoms with Crippen molar-refractivity contribution in [2.45, 2.75) is 24.9 Å². The highest BCUT2D eigenvalue weighted by atomic mass is 79.9. The molecule has 0 aromatic carbocycles. The van der Waals surface area contributed by atoms with Gasteiger partial charge in [-0.15, -0.1) is 0 Å². The average Bonchev–Trinajstić information content (AvgIpc) is 2.25. The summed E-state index contributed by atoms with van der Waals surface area (Å²) in [5.74, 6) is -0.229. The molecular formula is C11H14BrF3N2O2S. The van der Waals surface area contributed by atoms with Gasteiger partial charge >= 0.3 is 6.18 Å². The van der Waals surface area contributed by atoms with Crippen molar-refractivity contribution in [2.24, 2.45) is 5.92 Å². The molecule has 0 saturated heterocycles. The summed E-state index contributed by atoms with van der Waals surface area (Å²) in [5.41, 5.74) is 0. The first kappa shape index (κ1) is 17.4. The van der Waals surface area contributed by atoms with Crippen LogP contribution >= 0.6 is 15.9 Å². The normalized spacial score (nSPS) is 13.2. The zero-order valence-electron chi connectivity index (χ0n) is 10.9. The van der Waals surface area contributed by atoms with E-state index in [1.165, 1.54) is 12.3 Å². The van der Waals surface area contributed by atoms with E-state index < -0.39 is 22.7 Å². The lowest BCUT2D eigenvalue weighted by molar-refractivity contribution is -0.136. The predicted octanol–water partition coefficient (Wildman–Crippen LogP) is 3.05. The molecule has 0 aliphatic carbocycles. The number of alkyl halides is 3. The second kappa shape index (κ2) is 6.40. The minimum Gasteiger partial charge on any atom is -0.262 e. The third kappa shape index (κ3) is 5.02. The van der Waals surface area contributed by atoms with Crippen LogP contribution in [0.3, 0.4) is 0 Å². The lowest BCUT2D eigenvalue weighted by atomic mass is 10.2. The van der Waals surface area contributed by atoms with Crippen molar-refractivity contribution in [2.75, 3.05) is 13.1 Å². The Morgan fingerprint density at radius 1 is 1.35 bits per heavy atom. The van der Waals surface area contributed by atoms with Gasteiger partial charge in [0.05, 0.1) is 0 Å². The van der Waals surface area contributed by atoms with E-state index in [2.05, 4.69) is 20.9 Å². The van der Waals surface area contributed by atoms with E-state index in [-0.39, 0.29) is 17.4 Å². The van der Waals surface area contributed by atoms with Gasteiger partial charge in [0, 0.05) is 23.4 Å². The fourth-order valence-corrected chi connectivity index (χ4v) is 3.63. The summed E-state index contributed by atoms with van der Waals surface area (Å²) in [6.07, 6.45) is -2.21. The SMILES string of the molecule is CC(C)CN(CC(F)(F)F)S(=O)(=O)c1cncc(Br)c1. The Balaban J connectivity index is 3.17. The molecule has 1 heterocycles. The van der Waals surface area contributed by atoms with Gasteiger partial charge in [-0.3, -0.25) is 4.98 Å². The fraction of sp³-hybridized carbons (Fsp3) is 0.545. The Kier molecular flexibility index (Phi) is 5.56. The van der Waals surface area contributed by atoms with Gasteiger partial charge < -0.3 is 0 Å². The summed E-state index contributed by atoms with van der Waals surface area (Å²) in [6, 6.07) is 1.23. The van der Waals surface area contributed by atoms with Crippen LogP contribution in [0, 0.1) is 5.92 Å². The molecule has 1 aromatic heterocycles. The first-order valence-corrected chi connectivity index (χ1v) is 7.93. The zero-order chi connectivity index (χ0) is 15.6. The predicted molar refractivity (Wildman–Crippen MR) is 71.6 cm³/mol. The highest BCUT2D eigenvalue weighted by Gasteiger charge is 2.37. The Hall–Kier alpha value is -0.670. The van der Waals surface area contributed by atoms with Gasteiger partial charge in [0.25, 0.3) is 0 Å². The number of aromatic nitrogens is 1. The summed E-state index contributed by atoms with van der Waals surface area (Å²) in [4.78, 5) is 3.41. The van der Waals surface area contributed by atoms with Crippen LogP contribution in [0.2, 0.25) is 0 Å². The summed E-state index contributed by atoms with van der Waals surface area (Å²) >= 11 is 3.05. The van der Waals surface area contributed by atoms with Gasteiger partial charge in [-0.25, -0.2) is 8.42 Å². The van der Waals surface area contributed by atoms with Gasteiger partial charge in [-0.1, -0.05) is 13.8 Å². The van der Waals surface area contributed by atoms with Gasteiger partial charge in [-0.05, 0) is 27.9 Å². The number of sulfonamides is 1. The van der Waals surface area contributed by atoms with Crippen LogP contribution < -0.4 is 0 Å². The number of hydrogen-bond donors (Lipinski definition) is 0. The fourth-order valence-electron chi connectivity index (χ4n) is 1.54. The van der Waals surface area contributed by atoms with Crippen LogP contribution in [0.15, 0.2) is 27.8 Å². The van der Waals surface area contributed by atoms with Crippen molar-refractivity contribution in [1.29, 1.82) is 0 Å². The molecule has 20 heavy (non-hydrogen) atoms. The molecule has 0 aliphatic rings. The smallest absolute Gasteiger partial charge is 0.262 e. The molecule has 0 aliphatic heterocycles. The molecule has 9 heteroatoms. The van der Waals surface area contributed by atoms with Crippen molar-refractivity contribution in [3.63, 3.8) is 0 Å². The van der Waals surface area contributed by atoms with Crippen LogP contribution in [0.5, 0.6) is 0 Å². The molecule has 114 valence electrons. The molecule has 4 nitrogen and oxygen atoms in total. The van der Waals surface area contributed by atoms with E-state index in [1.54, 1.807) is 13.8 Å². The van der Waals surface area contributed by atoms with Crippen LogP contribution in [-0.2, 0) is 10.0 Å². The van der Waals surface area contributed by atoms with E-state index in [1.807, 2.05) is 0 Å². The summed E-state index contributed by atoms with van der Waals surface area (Å²) in [7, 11) is -4.23. The van der Waals surface area contributed by atoms with Gasteiger partial charge in [0.15, 0.2) is 0 Å². The van der Waals surface area contributed by atoms with E-state index in [4.69, 9.17) is 0 Å². The quantitative estimate of drug-likeness (QED) is 0.795. The van der Waals surface area contributed by atoms with Crippen molar-refractivity contribution >= 4 is 26.0 Å². The lowest BCUT2D eigenvalue weighted by Crippen LogP contribution is -2.41. The maximum atomic E-state index is 12.6. The Labute approximate surface area is 124 Å². The molecule has 0 fully saturated rings. The molecule has 1 aromatic rings. The molecular weight excluding hydrogens is 361 g/mol. The topological polar surface area (TPSA) is 50.3 Å². The maximum Gasteiger partial charge on any atom is 0.402 e. The maximum absolute atomic E-state index is 12.6. The number of pyridine rings is 1. The van der Waals surface area contributed by atoms with Gasteiger partial charge in [0.1, 0.15) is 11.4 Å². The molecule has 0 bridgehead atoms. The van der Waals surface area contributed by atoms with Crippen molar-refractivity contribution in [1.82, 2.24) is 9.29 Å². The number of rotatable bonds is 5. The first-order chi connectivity index (χ1) is 9.02. The zero-order valence-corrected chi connectivity index (χ0v) is 13.3. The van der Waals surface area contributed by atoms with Crippen molar-refractivity contribution < 1.29 is 21.6 Å². The molecule has 0 radical (unpaired) electrons. The molecule has 0 N–H and O–H groups in total. The van der Waals surface area contributed by atoms with E-state index in [9.17, 15) is 21.6 Å². The van der Waals surface area contributed by atoms with E-state index in [0.717, 1.165) is 6.20 Å². The molecule has 0 atom stereocenters. The Morgan fingerprint density at radius 2 is 1.95 bits per heavy atom. The third-order valence-corrected chi connectivity index (χ3v) is 4.45. The second-order valence-electron chi connectivity index (χ2n) is 4.65. The van der Waals surface area contributed by atoms with Crippen molar-refractivity contribution in [3.8, 4) is 0 Å².